The van der Waals surface area contributed by atoms with Crippen LogP contribution in [0.5, 0.6) is 0 Å². The van der Waals surface area contributed by atoms with Crippen LogP contribution in [0, 0.1) is 0 Å². The maximum absolute atomic E-state index is 11.9. The molecule has 0 aromatic heterocycles. The minimum atomic E-state index is -3.51. The van der Waals surface area contributed by atoms with Crippen molar-refractivity contribution in [3.63, 3.8) is 0 Å². The number of aliphatic hydroxyl groups excluding tert-OH is 2. The Bertz CT molecular complexity index is 522. The summed E-state index contributed by atoms with van der Waals surface area (Å²) in [6.07, 6.45) is 0. The van der Waals surface area contributed by atoms with Crippen molar-refractivity contribution in [1.29, 1.82) is 0 Å². The highest BCUT2D eigenvalue weighted by Crippen LogP contribution is 2.18. The summed E-state index contributed by atoms with van der Waals surface area (Å²) < 4.78 is 26.4. The number of benzene rings is 1. The van der Waals surface area contributed by atoms with E-state index in [4.69, 9.17) is 0 Å². The van der Waals surface area contributed by atoms with E-state index in [0.29, 0.717) is 5.69 Å². The van der Waals surface area contributed by atoms with Gasteiger partial charge in [0, 0.05) is 11.7 Å². The quantitative estimate of drug-likeness (QED) is 0.589. The molecular weight excluding hydrogens is 280 g/mol. The molecule has 0 atom stereocenters. The van der Waals surface area contributed by atoms with Crippen LogP contribution >= 0.6 is 0 Å². The van der Waals surface area contributed by atoms with E-state index in [1.54, 1.807) is 32.9 Å². The first kappa shape index (κ1) is 16.9. The number of hydrogen-bond donors (Lipinski definition) is 4. The molecule has 0 saturated heterocycles. The first-order valence-corrected chi connectivity index (χ1v) is 7.83. The Balaban J connectivity index is 2.90. The average molecular weight is 302 g/mol. The summed E-state index contributed by atoms with van der Waals surface area (Å²) in [6, 6.07) is 5.96. The molecule has 7 heteroatoms. The molecule has 0 spiro atoms. The van der Waals surface area contributed by atoms with E-state index < -0.39 is 15.6 Å². The van der Waals surface area contributed by atoms with E-state index in [2.05, 4.69) is 10.0 Å². The second-order valence-corrected chi connectivity index (χ2v) is 7.02. The molecule has 0 bridgehead atoms. The van der Waals surface area contributed by atoms with Crippen molar-refractivity contribution in [3.8, 4) is 0 Å². The van der Waals surface area contributed by atoms with Crippen molar-refractivity contribution < 1.29 is 18.6 Å². The highest BCUT2D eigenvalue weighted by atomic mass is 32.2. The molecule has 114 valence electrons. The molecule has 0 radical (unpaired) electrons. The van der Waals surface area contributed by atoms with Gasteiger partial charge in [-0.2, -0.15) is 0 Å². The van der Waals surface area contributed by atoms with Crippen molar-refractivity contribution in [2.45, 2.75) is 37.2 Å². The predicted octanol–water partition coefficient (Wildman–Crippen LogP) is 0.528. The van der Waals surface area contributed by atoms with Gasteiger partial charge in [0.05, 0.1) is 23.6 Å². The molecular formula is C13H22N2O4S. The second kappa shape index (κ2) is 6.53. The summed E-state index contributed by atoms with van der Waals surface area (Å²) in [6.45, 7) is 4.69. The molecule has 0 unspecified atom stereocenters. The first-order chi connectivity index (χ1) is 9.22. The van der Waals surface area contributed by atoms with Gasteiger partial charge in [-0.3, -0.25) is 0 Å². The van der Waals surface area contributed by atoms with E-state index in [1.165, 1.54) is 12.1 Å². The van der Waals surface area contributed by atoms with Gasteiger partial charge >= 0.3 is 0 Å². The number of nitrogens with one attached hydrogen (secondary N) is 2. The fourth-order valence-electron chi connectivity index (χ4n) is 1.57. The van der Waals surface area contributed by atoms with Crippen molar-refractivity contribution in [1.82, 2.24) is 4.72 Å². The molecule has 0 amide bonds. The largest absolute Gasteiger partial charge is 0.394 e. The summed E-state index contributed by atoms with van der Waals surface area (Å²) in [5.41, 5.74) is -0.226. The Morgan fingerprint density at radius 3 is 2.05 bits per heavy atom. The van der Waals surface area contributed by atoms with E-state index in [-0.39, 0.29) is 24.2 Å². The molecule has 0 saturated carbocycles. The van der Waals surface area contributed by atoms with Crippen LogP contribution in [0.15, 0.2) is 29.2 Å². The zero-order valence-electron chi connectivity index (χ0n) is 11.9. The van der Waals surface area contributed by atoms with Crippen molar-refractivity contribution in [2.75, 3.05) is 18.5 Å². The van der Waals surface area contributed by atoms with Crippen LogP contribution in [-0.4, -0.2) is 43.4 Å². The third kappa shape index (κ3) is 4.45. The minimum absolute atomic E-state index is 0.173. The van der Waals surface area contributed by atoms with Crippen LogP contribution in [0.3, 0.4) is 0 Å². The van der Waals surface area contributed by atoms with Gasteiger partial charge in [0.2, 0.25) is 10.0 Å². The fourth-order valence-corrected chi connectivity index (χ4v) is 2.82. The monoisotopic (exact) mass is 302 g/mol. The molecule has 0 aliphatic rings. The van der Waals surface area contributed by atoms with Gasteiger partial charge in [-0.15, -0.1) is 0 Å². The first-order valence-electron chi connectivity index (χ1n) is 6.35. The molecule has 0 fully saturated rings. The van der Waals surface area contributed by atoms with E-state index in [9.17, 15) is 18.6 Å². The molecule has 6 nitrogen and oxygen atoms in total. The molecule has 1 rings (SSSR count). The van der Waals surface area contributed by atoms with Crippen LogP contribution < -0.4 is 10.0 Å². The average Bonchev–Trinajstić information content (AvgIpc) is 2.38. The lowest BCUT2D eigenvalue weighted by molar-refractivity contribution is 0.147. The van der Waals surface area contributed by atoms with Crippen molar-refractivity contribution in [2.24, 2.45) is 0 Å². The predicted molar refractivity (Wildman–Crippen MR) is 78.1 cm³/mol. The molecule has 1 aromatic rings. The van der Waals surface area contributed by atoms with Crippen LogP contribution in [0.25, 0.3) is 0 Å². The second-order valence-electron chi connectivity index (χ2n) is 5.30. The fraction of sp³-hybridized carbons (Fsp3) is 0.538. The number of rotatable bonds is 7. The lowest BCUT2D eigenvalue weighted by Gasteiger charge is -2.27. The Kier molecular flexibility index (Phi) is 5.52. The van der Waals surface area contributed by atoms with Gasteiger partial charge in [0.1, 0.15) is 0 Å². The number of anilines is 1. The van der Waals surface area contributed by atoms with Gasteiger partial charge < -0.3 is 15.5 Å². The molecule has 0 heterocycles. The summed E-state index contributed by atoms with van der Waals surface area (Å²) in [7, 11) is -3.51. The van der Waals surface area contributed by atoms with Crippen molar-refractivity contribution in [3.05, 3.63) is 24.3 Å². The van der Waals surface area contributed by atoms with E-state index >= 15 is 0 Å². The molecule has 0 aliphatic heterocycles. The zero-order chi connectivity index (χ0) is 15.4. The van der Waals surface area contributed by atoms with Gasteiger partial charge in [-0.1, -0.05) is 0 Å². The van der Waals surface area contributed by atoms with Gasteiger partial charge in [-0.05, 0) is 45.0 Å². The normalized spacial score (nSPS) is 12.7. The van der Waals surface area contributed by atoms with Crippen molar-refractivity contribution >= 4 is 15.7 Å². The maximum Gasteiger partial charge on any atom is 0.240 e. The topological polar surface area (TPSA) is 98.7 Å². The van der Waals surface area contributed by atoms with E-state index in [0.717, 1.165) is 0 Å². The van der Waals surface area contributed by atoms with Crippen LogP contribution in [-0.2, 0) is 10.0 Å². The molecule has 1 aromatic carbocycles. The third-order valence-electron chi connectivity index (χ3n) is 2.70. The molecule has 0 aliphatic carbocycles. The van der Waals surface area contributed by atoms with Crippen LogP contribution in [0.4, 0.5) is 5.69 Å². The number of sulfonamides is 1. The summed E-state index contributed by atoms with van der Waals surface area (Å²) >= 11 is 0. The third-order valence-corrected chi connectivity index (χ3v) is 4.37. The SMILES string of the molecule is CC(C)NS(=O)(=O)c1ccc(NC(C)(CO)CO)cc1. The summed E-state index contributed by atoms with van der Waals surface area (Å²) in [5, 5.41) is 21.4. The van der Waals surface area contributed by atoms with E-state index in [1.807, 2.05) is 0 Å². The lowest BCUT2D eigenvalue weighted by atomic mass is 10.1. The number of hydrogen-bond acceptors (Lipinski definition) is 5. The highest BCUT2D eigenvalue weighted by Gasteiger charge is 2.22. The standard InChI is InChI=1S/C13H22N2O4S/c1-10(2)15-20(18,19)12-6-4-11(5-7-12)14-13(3,8-16)9-17/h4-7,10,14-17H,8-9H2,1-3H3. The smallest absolute Gasteiger partial charge is 0.240 e. The van der Waals surface area contributed by atoms with Crippen LogP contribution in [0.1, 0.15) is 20.8 Å². The van der Waals surface area contributed by atoms with Gasteiger partial charge in [-0.25, -0.2) is 13.1 Å². The Hall–Kier alpha value is -1.15. The Labute approximate surface area is 119 Å². The Morgan fingerprint density at radius 2 is 1.65 bits per heavy atom. The molecule has 4 N–H and O–H groups in total. The Morgan fingerprint density at radius 1 is 1.15 bits per heavy atom. The van der Waals surface area contributed by atoms with Gasteiger partial charge in [0.15, 0.2) is 0 Å². The minimum Gasteiger partial charge on any atom is -0.394 e. The number of aliphatic hydroxyl groups is 2. The molecule has 20 heavy (non-hydrogen) atoms. The highest BCUT2D eigenvalue weighted by molar-refractivity contribution is 7.89. The zero-order valence-corrected chi connectivity index (χ0v) is 12.7. The lowest BCUT2D eigenvalue weighted by Crippen LogP contribution is -2.42. The summed E-state index contributed by atoms with van der Waals surface area (Å²) in [5.74, 6) is 0. The maximum atomic E-state index is 11.9. The van der Waals surface area contributed by atoms with Gasteiger partial charge in [0.25, 0.3) is 0 Å². The summed E-state index contributed by atoms with van der Waals surface area (Å²) in [4.78, 5) is 0.173. The van der Waals surface area contributed by atoms with Crippen LogP contribution in [0.2, 0.25) is 0 Å².